The minimum Gasteiger partial charge on any atom is -0.478 e. The lowest BCUT2D eigenvalue weighted by atomic mass is 9.98. The number of aromatic nitrogens is 2. The van der Waals surface area contributed by atoms with Crippen LogP contribution in [0.4, 0.5) is 0 Å². The summed E-state index contributed by atoms with van der Waals surface area (Å²) >= 11 is 0. The molecule has 112 valence electrons. The Morgan fingerprint density at radius 1 is 1.48 bits per heavy atom. The largest absolute Gasteiger partial charge is 0.478 e. The van der Waals surface area contributed by atoms with Crippen molar-refractivity contribution in [1.82, 2.24) is 14.5 Å². The first-order valence-electron chi connectivity index (χ1n) is 7.44. The van der Waals surface area contributed by atoms with Crippen LogP contribution in [0.3, 0.4) is 0 Å². The molecule has 1 aliphatic heterocycles. The van der Waals surface area contributed by atoms with Crippen molar-refractivity contribution in [2.24, 2.45) is 5.92 Å². The molecule has 2 aromatic rings. The van der Waals surface area contributed by atoms with Crippen LogP contribution in [0, 0.1) is 12.8 Å². The van der Waals surface area contributed by atoms with Gasteiger partial charge in [-0.05, 0) is 51.4 Å². The molecule has 0 spiro atoms. The molecule has 0 bridgehead atoms. The van der Waals surface area contributed by atoms with E-state index in [2.05, 4.69) is 21.5 Å². The highest BCUT2D eigenvalue weighted by atomic mass is 16.4. The summed E-state index contributed by atoms with van der Waals surface area (Å²) in [5.74, 6) is 0.566. The van der Waals surface area contributed by atoms with Gasteiger partial charge >= 0.3 is 5.97 Å². The van der Waals surface area contributed by atoms with Gasteiger partial charge in [0.2, 0.25) is 0 Å². The molecule has 3 rings (SSSR count). The zero-order chi connectivity index (χ0) is 15.0. The van der Waals surface area contributed by atoms with Crippen LogP contribution in [-0.2, 0) is 6.54 Å². The van der Waals surface area contributed by atoms with Crippen LogP contribution in [0.2, 0.25) is 0 Å². The molecule has 1 fully saturated rings. The van der Waals surface area contributed by atoms with Gasteiger partial charge in [0.05, 0.1) is 16.6 Å². The standard InChI is InChI=1S/C16H21N3O2/c1-11-17-14-7-3-6-13(16(20)21)15(14)19(11)10-12-5-4-8-18(2)9-12/h3,6-7,12H,4-5,8-10H2,1-2H3,(H,20,21). The van der Waals surface area contributed by atoms with Gasteiger partial charge in [-0.25, -0.2) is 9.78 Å². The lowest BCUT2D eigenvalue weighted by Gasteiger charge is -2.30. The van der Waals surface area contributed by atoms with Crippen LogP contribution in [0.1, 0.15) is 29.0 Å². The average molecular weight is 287 g/mol. The third kappa shape index (κ3) is 2.65. The summed E-state index contributed by atoms with van der Waals surface area (Å²) in [4.78, 5) is 18.3. The highest BCUT2D eigenvalue weighted by Gasteiger charge is 2.21. The Morgan fingerprint density at radius 3 is 3.00 bits per heavy atom. The molecular formula is C16H21N3O2. The fraction of sp³-hybridized carbons (Fsp3) is 0.500. The molecule has 1 saturated heterocycles. The molecule has 0 aliphatic carbocycles. The van der Waals surface area contributed by atoms with Gasteiger partial charge in [0.1, 0.15) is 5.82 Å². The molecule has 1 unspecified atom stereocenters. The summed E-state index contributed by atoms with van der Waals surface area (Å²) in [5.41, 5.74) is 1.88. The molecule has 1 aromatic heterocycles. The molecule has 21 heavy (non-hydrogen) atoms. The molecule has 0 radical (unpaired) electrons. The Kier molecular flexibility index (Phi) is 3.68. The number of aryl methyl sites for hydroxylation is 1. The second kappa shape index (κ2) is 5.48. The molecule has 1 aromatic carbocycles. The monoisotopic (exact) mass is 287 g/mol. The van der Waals surface area contributed by atoms with E-state index in [4.69, 9.17) is 0 Å². The van der Waals surface area contributed by atoms with Crippen LogP contribution >= 0.6 is 0 Å². The van der Waals surface area contributed by atoms with E-state index in [1.165, 1.54) is 12.8 Å². The molecule has 1 atom stereocenters. The van der Waals surface area contributed by atoms with Crippen LogP contribution in [0.15, 0.2) is 18.2 Å². The summed E-state index contributed by atoms with van der Waals surface area (Å²) in [6, 6.07) is 5.31. The van der Waals surface area contributed by atoms with Crippen LogP contribution < -0.4 is 0 Å². The lowest BCUT2D eigenvalue weighted by Crippen LogP contribution is -2.34. The van der Waals surface area contributed by atoms with Gasteiger partial charge in [-0.3, -0.25) is 0 Å². The number of nitrogens with zero attached hydrogens (tertiary/aromatic N) is 3. The summed E-state index contributed by atoms with van der Waals surface area (Å²) in [7, 11) is 2.15. The van der Waals surface area contributed by atoms with E-state index >= 15 is 0 Å². The summed E-state index contributed by atoms with van der Waals surface area (Å²) < 4.78 is 2.09. The molecule has 1 aliphatic rings. The smallest absolute Gasteiger partial charge is 0.337 e. The third-order valence-electron chi connectivity index (χ3n) is 4.35. The van der Waals surface area contributed by atoms with E-state index in [0.717, 1.165) is 36.5 Å². The number of benzene rings is 1. The van der Waals surface area contributed by atoms with Gasteiger partial charge in [-0.1, -0.05) is 6.07 Å². The number of para-hydroxylation sites is 1. The Hall–Kier alpha value is -1.88. The number of carboxylic acids is 1. The second-order valence-electron chi connectivity index (χ2n) is 6.02. The minimum absolute atomic E-state index is 0.345. The second-order valence-corrected chi connectivity index (χ2v) is 6.02. The number of carboxylic acid groups (broad SMARTS) is 1. The average Bonchev–Trinajstić information content (AvgIpc) is 2.75. The maximum atomic E-state index is 11.5. The highest BCUT2D eigenvalue weighted by molar-refractivity contribution is 6.01. The first kappa shape index (κ1) is 14.1. The van der Waals surface area contributed by atoms with Gasteiger partial charge < -0.3 is 14.6 Å². The van der Waals surface area contributed by atoms with Gasteiger partial charge in [0.25, 0.3) is 0 Å². The zero-order valence-electron chi connectivity index (χ0n) is 12.5. The lowest BCUT2D eigenvalue weighted by molar-refractivity contribution is 0.0698. The Labute approximate surface area is 124 Å². The highest BCUT2D eigenvalue weighted by Crippen LogP contribution is 2.24. The predicted octanol–water partition coefficient (Wildman–Crippen LogP) is 2.38. The van der Waals surface area contributed by atoms with E-state index in [0.29, 0.717) is 11.5 Å². The Balaban J connectivity index is 2.01. The van der Waals surface area contributed by atoms with Crippen LogP contribution in [0.5, 0.6) is 0 Å². The molecule has 2 heterocycles. The zero-order valence-corrected chi connectivity index (χ0v) is 12.5. The number of carbonyl (C=O) groups is 1. The van der Waals surface area contributed by atoms with Gasteiger partial charge in [0, 0.05) is 13.1 Å². The van der Waals surface area contributed by atoms with E-state index in [9.17, 15) is 9.90 Å². The van der Waals surface area contributed by atoms with Gasteiger partial charge in [-0.15, -0.1) is 0 Å². The van der Waals surface area contributed by atoms with Crippen molar-refractivity contribution >= 4 is 17.0 Å². The molecule has 5 nitrogen and oxygen atoms in total. The van der Waals surface area contributed by atoms with Crippen molar-refractivity contribution in [2.75, 3.05) is 20.1 Å². The summed E-state index contributed by atoms with van der Waals surface area (Å²) in [6.45, 7) is 5.02. The van der Waals surface area contributed by atoms with Crippen molar-refractivity contribution in [3.8, 4) is 0 Å². The molecule has 5 heteroatoms. The fourth-order valence-corrected chi connectivity index (χ4v) is 3.38. The van der Waals surface area contributed by atoms with Gasteiger partial charge in [-0.2, -0.15) is 0 Å². The van der Waals surface area contributed by atoms with E-state index in [1.54, 1.807) is 12.1 Å². The predicted molar refractivity (Wildman–Crippen MR) is 81.7 cm³/mol. The maximum Gasteiger partial charge on any atom is 0.337 e. The number of likely N-dealkylation sites (tertiary alicyclic amines) is 1. The topological polar surface area (TPSA) is 58.4 Å². The Bertz CT molecular complexity index is 677. The number of hydrogen-bond acceptors (Lipinski definition) is 3. The number of piperidine rings is 1. The number of fused-ring (bicyclic) bond motifs is 1. The number of aromatic carboxylic acids is 1. The SMILES string of the molecule is Cc1nc2cccc(C(=O)O)c2n1CC1CCCN(C)C1. The quantitative estimate of drug-likeness (QED) is 0.941. The number of rotatable bonds is 3. The summed E-state index contributed by atoms with van der Waals surface area (Å²) in [5, 5.41) is 9.42. The third-order valence-corrected chi connectivity index (χ3v) is 4.35. The number of hydrogen-bond donors (Lipinski definition) is 1. The first-order chi connectivity index (χ1) is 10.1. The molecule has 0 saturated carbocycles. The van der Waals surface area contributed by atoms with Crippen molar-refractivity contribution < 1.29 is 9.90 Å². The van der Waals surface area contributed by atoms with Crippen molar-refractivity contribution in [1.29, 1.82) is 0 Å². The van der Waals surface area contributed by atoms with Crippen LogP contribution in [-0.4, -0.2) is 45.7 Å². The number of imidazole rings is 1. The summed E-state index contributed by atoms with van der Waals surface area (Å²) in [6.07, 6.45) is 2.40. The Morgan fingerprint density at radius 2 is 2.29 bits per heavy atom. The normalized spacial score (nSPS) is 20.0. The van der Waals surface area contributed by atoms with Crippen LogP contribution in [0.25, 0.3) is 11.0 Å². The molecular weight excluding hydrogens is 266 g/mol. The van der Waals surface area contributed by atoms with Gasteiger partial charge in [0.15, 0.2) is 0 Å². The fourth-order valence-electron chi connectivity index (χ4n) is 3.38. The van der Waals surface area contributed by atoms with Crippen molar-refractivity contribution in [3.63, 3.8) is 0 Å². The van der Waals surface area contributed by atoms with E-state index in [1.807, 2.05) is 13.0 Å². The molecule has 1 N–H and O–H groups in total. The van der Waals surface area contributed by atoms with Crippen molar-refractivity contribution in [2.45, 2.75) is 26.3 Å². The maximum absolute atomic E-state index is 11.5. The minimum atomic E-state index is -0.887. The first-order valence-corrected chi connectivity index (χ1v) is 7.44. The van der Waals surface area contributed by atoms with Crippen molar-refractivity contribution in [3.05, 3.63) is 29.6 Å². The van der Waals surface area contributed by atoms with E-state index in [-0.39, 0.29) is 0 Å². The van der Waals surface area contributed by atoms with E-state index < -0.39 is 5.97 Å². The molecule has 0 amide bonds.